The molecule has 4 heteroatoms. The number of hydrogen-bond acceptors (Lipinski definition) is 3. The molecule has 0 aliphatic carbocycles. The summed E-state index contributed by atoms with van der Waals surface area (Å²) < 4.78 is 11.2. The minimum absolute atomic E-state index is 0.119. The van der Waals surface area contributed by atoms with E-state index >= 15 is 0 Å². The average Bonchev–Trinajstić information content (AvgIpc) is 2.63. The molecule has 0 bridgehead atoms. The quantitative estimate of drug-likeness (QED) is 0.760. The van der Waals surface area contributed by atoms with Gasteiger partial charge in [0.2, 0.25) is 0 Å². The molecule has 2 aromatic carbocycles. The second kappa shape index (κ2) is 8.67. The number of methoxy groups -OCH3 is 1. The number of carbonyl (C=O) groups is 1. The Bertz CT molecular complexity index is 665. The first-order valence-corrected chi connectivity index (χ1v) is 8.56. The van der Waals surface area contributed by atoms with Gasteiger partial charge in [-0.3, -0.25) is 4.79 Å². The zero-order valence-corrected chi connectivity index (χ0v) is 15.4. The molecule has 0 spiro atoms. The monoisotopic (exact) mass is 341 g/mol. The fourth-order valence-corrected chi connectivity index (χ4v) is 2.47. The van der Waals surface area contributed by atoms with Crippen LogP contribution in [0.5, 0.6) is 5.75 Å². The first-order valence-electron chi connectivity index (χ1n) is 8.56. The van der Waals surface area contributed by atoms with Crippen molar-refractivity contribution in [2.45, 2.75) is 39.9 Å². The lowest BCUT2D eigenvalue weighted by Gasteiger charge is -2.32. The Kier molecular flexibility index (Phi) is 6.59. The topological polar surface area (TPSA) is 47.6 Å². The van der Waals surface area contributed by atoms with Crippen LogP contribution in [0.25, 0.3) is 0 Å². The van der Waals surface area contributed by atoms with Crippen LogP contribution in [0.2, 0.25) is 0 Å². The molecule has 2 aromatic rings. The molecule has 4 nitrogen and oxygen atoms in total. The van der Waals surface area contributed by atoms with E-state index in [-0.39, 0.29) is 11.3 Å². The van der Waals surface area contributed by atoms with Crippen LogP contribution in [0, 0.1) is 5.41 Å². The number of rotatable bonds is 8. The fraction of sp³-hybridized carbons (Fsp3) is 0.381. The van der Waals surface area contributed by atoms with Gasteiger partial charge in [0.25, 0.3) is 5.91 Å². The van der Waals surface area contributed by atoms with E-state index in [2.05, 4.69) is 26.1 Å². The van der Waals surface area contributed by atoms with Gasteiger partial charge in [0.05, 0.1) is 13.7 Å². The molecule has 1 N–H and O–H groups in total. The highest BCUT2D eigenvalue weighted by Crippen LogP contribution is 2.29. The molecule has 0 heterocycles. The molecule has 0 aromatic heterocycles. The Hall–Kier alpha value is -2.33. The Balaban J connectivity index is 2.08. The summed E-state index contributed by atoms with van der Waals surface area (Å²) in [5, 5.41) is 2.95. The summed E-state index contributed by atoms with van der Waals surface area (Å²) in [6, 6.07) is 17.1. The molecule has 1 unspecified atom stereocenters. The smallest absolute Gasteiger partial charge is 0.254 e. The minimum atomic E-state index is -0.542. The normalized spacial score (nSPS) is 12.5. The highest BCUT2D eigenvalue weighted by molar-refractivity contribution is 5.94. The number of benzene rings is 2. The minimum Gasteiger partial charge on any atom is -0.497 e. The van der Waals surface area contributed by atoms with E-state index in [0.717, 1.165) is 23.4 Å². The Labute approximate surface area is 150 Å². The van der Waals surface area contributed by atoms with Crippen LogP contribution in [0.3, 0.4) is 0 Å². The van der Waals surface area contributed by atoms with Gasteiger partial charge in [-0.2, -0.15) is 0 Å². The molecule has 0 radical (unpaired) electrons. The van der Waals surface area contributed by atoms with Crippen LogP contribution in [0.15, 0.2) is 54.6 Å². The standard InChI is InChI=1S/C21H27NO3/c1-5-21(2,3)19(20(23)22-17-9-7-6-8-10-17)25-15-16-11-13-18(24-4)14-12-16/h6-14,19H,5,15H2,1-4H3,(H,22,23). The Morgan fingerprint density at radius 2 is 1.72 bits per heavy atom. The second-order valence-electron chi connectivity index (χ2n) is 6.74. The maximum absolute atomic E-state index is 12.8. The SMILES string of the molecule is CCC(C)(C)C(OCc1ccc(OC)cc1)C(=O)Nc1ccccc1. The van der Waals surface area contributed by atoms with Gasteiger partial charge in [0, 0.05) is 5.69 Å². The van der Waals surface area contributed by atoms with Crippen LogP contribution >= 0.6 is 0 Å². The van der Waals surface area contributed by atoms with E-state index in [1.165, 1.54) is 0 Å². The van der Waals surface area contributed by atoms with Gasteiger partial charge in [-0.1, -0.05) is 51.1 Å². The van der Waals surface area contributed by atoms with Crippen molar-refractivity contribution in [3.63, 3.8) is 0 Å². The summed E-state index contributed by atoms with van der Waals surface area (Å²) >= 11 is 0. The van der Waals surface area contributed by atoms with Gasteiger partial charge >= 0.3 is 0 Å². The molecule has 2 rings (SSSR count). The Morgan fingerprint density at radius 3 is 2.28 bits per heavy atom. The van der Waals surface area contributed by atoms with Crippen molar-refractivity contribution in [1.82, 2.24) is 0 Å². The van der Waals surface area contributed by atoms with Crippen LogP contribution in [0.4, 0.5) is 5.69 Å². The van der Waals surface area contributed by atoms with Gasteiger partial charge < -0.3 is 14.8 Å². The highest BCUT2D eigenvalue weighted by atomic mass is 16.5. The van der Waals surface area contributed by atoms with Crippen molar-refractivity contribution in [3.05, 3.63) is 60.2 Å². The molecular formula is C21H27NO3. The number of carbonyl (C=O) groups excluding carboxylic acids is 1. The Morgan fingerprint density at radius 1 is 1.08 bits per heavy atom. The molecule has 0 aliphatic rings. The molecule has 0 saturated heterocycles. The van der Waals surface area contributed by atoms with E-state index in [0.29, 0.717) is 6.61 Å². The third-order valence-electron chi connectivity index (χ3n) is 4.48. The zero-order chi connectivity index (χ0) is 18.3. The number of ether oxygens (including phenoxy) is 2. The van der Waals surface area contributed by atoms with Gasteiger partial charge in [-0.15, -0.1) is 0 Å². The zero-order valence-electron chi connectivity index (χ0n) is 15.4. The maximum Gasteiger partial charge on any atom is 0.254 e. The number of hydrogen-bond donors (Lipinski definition) is 1. The summed E-state index contributed by atoms with van der Waals surface area (Å²) in [7, 11) is 1.64. The summed E-state index contributed by atoms with van der Waals surface area (Å²) in [6.07, 6.45) is 0.294. The van der Waals surface area contributed by atoms with Gasteiger partial charge in [-0.05, 0) is 41.7 Å². The van der Waals surface area contributed by atoms with E-state index in [1.54, 1.807) is 7.11 Å². The molecule has 0 aliphatic heterocycles. The first-order chi connectivity index (χ1) is 12.0. The number of nitrogens with one attached hydrogen (secondary N) is 1. The van der Waals surface area contributed by atoms with E-state index in [4.69, 9.17) is 9.47 Å². The van der Waals surface area contributed by atoms with E-state index < -0.39 is 6.10 Å². The summed E-state index contributed by atoms with van der Waals surface area (Å²) in [5.74, 6) is 0.683. The summed E-state index contributed by atoms with van der Waals surface area (Å²) in [4.78, 5) is 12.8. The third-order valence-corrected chi connectivity index (χ3v) is 4.48. The number of amides is 1. The summed E-state index contributed by atoms with van der Waals surface area (Å²) in [5.41, 5.74) is 1.51. The molecule has 0 fully saturated rings. The number of anilines is 1. The molecule has 25 heavy (non-hydrogen) atoms. The summed E-state index contributed by atoms with van der Waals surface area (Å²) in [6.45, 7) is 6.55. The van der Waals surface area contributed by atoms with Crippen LogP contribution in [-0.4, -0.2) is 19.1 Å². The van der Waals surface area contributed by atoms with Crippen molar-refractivity contribution in [1.29, 1.82) is 0 Å². The van der Waals surface area contributed by atoms with Gasteiger partial charge in [-0.25, -0.2) is 0 Å². The van der Waals surface area contributed by atoms with E-state index in [1.807, 2.05) is 54.6 Å². The van der Waals surface area contributed by atoms with Crippen molar-refractivity contribution in [2.24, 2.45) is 5.41 Å². The third kappa shape index (κ3) is 5.33. The predicted octanol–water partition coefficient (Wildman–Crippen LogP) is 4.66. The lowest BCUT2D eigenvalue weighted by molar-refractivity contribution is -0.137. The number of para-hydroxylation sites is 1. The maximum atomic E-state index is 12.8. The van der Waals surface area contributed by atoms with Crippen molar-refractivity contribution in [3.8, 4) is 5.75 Å². The molecule has 0 saturated carbocycles. The first kappa shape index (κ1) is 19.0. The predicted molar refractivity (Wildman–Crippen MR) is 101 cm³/mol. The lowest BCUT2D eigenvalue weighted by atomic mass is 9.83. The van der Waals surface area contributed by atoms with Crippen molar-refractivity contribution >= 4 is 11.6 Å². The molecule has 1 atom stereocenters. The fourth-order valence-electron chi connectivity index (χ4n) is 2.47. The lowest BCUT2D eigenvalue weighted by Crippen LogP contribution is -2.42. The van der Waals surface area contributed by atoms with Crippen LogP contribution in [-0.2, 0) is 16.1 Å². The van der Waals surface area contributed by atoms with Crippen LogP contribution in [0.1, 0.15) is 32.8 Å². The highest BCUT2D eigenvalue weighted by Gasteiger charge is 2.34. The van der Waals surface area contributed by atoms with Crippen LogP contribution < -0.4 is 10.1 Å². The van der Waals surface area contributed by atoms with Gasteiger partial charge in [0.15, 0.2) is 0 Å². The largest absolute Gasteiger partial charge is 0.497 e. The average molecular weight is 341 g/mol. The van der Waals surface area contributed by atoms with E-state index in [9.17, 15) is 4.79 Å². The molecule has 1 amide bonds. The van der Waals surface area contributed by atoms with Crippen molar-refractivity contribution in [2.75, 3.05) is 12.4 Å². The second-order valence-corrected chi connectivity index (χ2v) is 6.74. The molecular weight excluding hydrogens is 314 g/mol. The molecule has 134 valence electrons. The van der Waals surface area contributed by atoms with Gasteiger partial charge in [0.1, 0.15) is 11.9 Å². The van der Waals surface area contributed by atoms with Crippen molar-refractivity contribution < 1.29 is 14.3 Å².